The van der Waals surface area contributed by atoms with Crippen molar-refractivity contribution < 1.29 is 9.21 Å². The maximum Gasteiger partial charge on any atom is 0.309 e. The first kappa shape index (κ1) is 21.7. The quantitative estimate of drug-likeness (QED) is 0.251. The van der Waals surface area contributed by atoms with Crippen LogP contribution in [-0.4, -0.2) is 76.7 Å². The minimum absolute atomic E-state index is 0.116. The van der Waals surface area contributed by atoms with Gasteiger partial charge in [0.2, 0.25) is 0 Å². The summed E-state index contributed by atoms with van der Waals surface area (Å²) in [5, 5.41) is 32.6. The number of carbonyl (C=O) groups excluding carboxylic acids is 1. The van der Waals surface area contributed by atoms with E-state index >= 15 is 0 Å². The average molecular weight is 447 g/mol. The number of amides is 1. The Kier molecular flexibility index (Phi) is 6.40. The second-order valence-electron chi connectivity index (χ2n) is 7.58. The fourth-order valence-corrected chi connectivity index (χ4v) is 3.71. The zero-order valence-corrected chi connectivity index (χ0v) is 17.6. The Bertz CT molecular complexity index is 1160. The van der Waals surface area contributed by atoms with Crippen LogP contribution in [0.1, 0.15) is 29.1 Å². The summed E-state index contributed by atoms with van der Waals surface area (Å²) in [7, 11) is 0. The summed E-state index contributed by atoms with van der Waals surface area (Å²) >= 11 is 0. The van der Waals surface area contributed by atoms with Gasteiger partial charge in [0.15, 0.2) is 6.19 Å². The minimum Gasteiger partial charge on any atom is -0.412 e. The van der Waals surface area contributed by atoms with Gasteiger partial charge in [0.25, 0.3) is 5.89 Å². The number of hydrogen-bond donors (Lipinski definition) is 2. The Morgan fingerprint density at radius 3 is 2.91 bits per heavy atom. The standard InChI is InChI=1S/C20H21N11O2/c21-8-13-6-16(17(25-9-13)30-4-1-5-30)19-28-29-20(33-19)18(32)27-14-7-15(31(11-14)12-22)10-24-2-3-26-23/h2-3,6,9,14-15H,1,4-5,7,10-11,23H2,(H,27,32)/t14-,15+/m1/s1. The predicted molar refractivity (Wildman–Crippen MR) is 117 cm³/mol. The van der Waals surface area contributed by atoms with Crippen LogP contribution in [0.3, 0.4) is 0 Å². The predicted octanol–water partition coefficient (Wildman–Crippen LogP) is -0.118. The van der Waals surface area contributed by atoms with E-state index in [9.17, 15) is 15.3 Å². The van der Waals surface area contributed by atoms with Crippen LogP contribution in [0.25, 0.3) is 11.5 Å². The monoisotopic (exact) mass is 447 g/mol. The molecule has 3 N–H and O–H groups in total. The number of nitriles is 2. The molecule has 2 aromatic rings. The number of nitrogens with zero attached hydrogens (tertiary/aromatic N) is 9. The molecule has 4 heterocycles. The highest BCUT2D eigenvalue weighted by Gasteiger charge is 2.33. The normalized spacial score (nSPS) is 20.1. The number of rotatable bonds is 7. The second-order valence-corrected chi connectivity index (χ2v) is 7.58. The van der Waals surface area contributed by atoms with Crippen LogP contribution in [0, 0.1) is 22.8 Å². The van der Waals surface area contributed by atoms with Crippen LogP contribution in [0.4, 0.5) is 5.82 Å². The van der Waals surface area contributed by atoms with Crippen molar-refractivity contribution in [1.29, 1.82) is 10.5 Å². The lowest BCUT2D eigenvalue weighted by Crippen LogP contribution is -2.38. The van der Waals surface area contributed by atoms with E-state index in [2.05, 4.69) is 36.8 Å². The molecule has 2 aliphatic heterocycles. The first-order chi connectivity index (χ1) is 16.1. The molecule has 13 nitrogen and oxygen atoms in total. The lowest BCUT2D eigenvalue weighted by atomic mass is 10.1. The fourth-order valence-electron chi connectivity index (χ4n) is 3.71. The molecule has 0 spiro atoms. The number of nitrogens with two attached hydrogens (primary N) is 1. The SMILES string of the molecule is N#Cc1cnc(N2CCC2)c(-c2nnc(C(=O)N[C@@H]3C[C@@H](CN=CC=NN)N(C#N)C3)o2)c1. The lowest BCUT2D eigenvalue weighted by Gasteiger charge is -2.32. The maximum absolute atomic E-state index is 12.7. The van der Waals surface area contributed by atoms with Crippen molar-refractivity contribution in [2.75, 3.05) is 31.1 Å². The molecule has 2 fully saturated rings. The van der Waals surface area contributed by atoms with Crippen molar-refractivity contribution in [3.8, 4) is 23.7 Å². The van der Waals surface area contributed by atoms with Crippen molar-refractivity contribution in [2.45, 2.75) is 24.9 Å². The summed E-state index contributed by atoms with van der Waals surface area (Å²) in [6, 6.07) is 3.24. The van der Waals surface area contributed by atoms with Gasteiger partial charge in [-0.15, -0.1) is 10.2 Å². The largest absolute Gasteiger partial charge is 0.412 e. The van der Waals surface area contributed by atoms with Gasteiger partial charge in [0.05, 0.1) is 29.9 Å². The molecule has 0 saturated carbocycles. The molecule has 0 aromatic carbocycles. The van der Waals surface area contributed by atoms with Crippen molar-refractivity contribution in [1.82, 2.24) is 25.4 Å². The highest BCUT2D eigenvalue weighted by Crippen LogP contribution is 2.31. The molecule has 0 aliphatic carbocycles. The van der Waals surface area contributed by atoms with Crippen LogP contribution in [-0.2, 0) is 0 Å². The number of nitrogens with one attached hydrogen (secondary N) is 1. The summed E-state index contributed by atoms with van der Waals surface area (Å²) in [6.45, 7) is 2.41. The van der Waals surface area contributed by atoms with Gasteiger partial charge < -0.3 is 25.4 Å². The smallest absolute Gasteiger partial charge is 0.309 e. The number of anilines is 1. The molecule has 0 radical (unpaired) electrons. The number of hydrazone groups is 1. The minimum atomic E-state index is -0.536. The number of hydrogen-bond acceptors (Lipinski definition) is 12. The Labute approximate surface area is 189 Å². The molecule has 2 aliphatic rings. The number of likely N-dealkylation sites (tertiary alicyclic amines) is 1. The molecule has 33 heavy (non-hydrogen) atoms. The van der Waals surface area contributed by atoms with Crippen LogP contribution in [0.5, 0.6) is 0 Å². The van der Waals surface area contributed by atoms with Gasteiger partial charge in [0, 0.05) is 38.1 Å². The third-order valence-electron chi connectivity index (χ3n) is 5.45. The number of pyridine rings is 1. The van der Waals surface area contributed by atoms with E-state index in [1.54, 1.807) is 11.0 Å². The lowest BCUT2D eigenvalue weighted by molar-refractivity contribution is 0.0904. The molecule has 4 rings (SSSR count). The molecule has 2 atom stereocenters. The highest BCUT2D eigenvalue weighted by molar-refractivity contribution is 6.15. The third-order valence-corrected chi connectivity index (χ3v) is 5.45. The van der Waals surface area contributed by atoms with Crippen molar-refractivity contribution in [3.05, 3.63) is 23.7 Å². The molecule has 0 bridgehead atoms. The zero-order valence-electron chi connectivity index (χ0n) is 17.6. The molecular formula is C20H21N11O2. The number of aromatic nitrogens is 3. The Hall–Kier alpha value is -4.52. The van der Waals surface area contributed by atoms with Crippen molar-refractivity contribution in [3.63, 3.8) is 0 Å². The van der Waals surface area contributed by atoms with Crippen molar-refractivity contribution >= 4 is 24.2 Å². The third kappa shape index (κ3) is 4.72. The van der Waals surface area contributed by atoms with Crippen LogP contribution >= 0.6 is 0 Å². The van der Waals surface area contributed by atoms with Gasteiger partial charge >= 0.3 is 11.8 Å². The van der Waals surface area contributed by atoms with Crippen LogP contribution in [0.15, 0.2) is 26.8 Å². The molecule has 1 amide bonds. The van der Waals surface area contributed by atoms with E-state index < -0.39 is 5.91 Å². The molecule has 0 unspecified atom stereocenters. The molecule has 2 saturated heterocycles. The van der Waals surface area contributed by atoms with E-state index in [1.807, 2.05) is 11.0 Å². The molecule has 168 valence electrons. The second kappa shape index (κ2) is 9.74. The maximum atomic E-state index is 12.7. The van der Waals surface area contributed by atoms with Gasteiger partial charge in [-0.1, -0.05) is 0 Å². The van der Waals surface area contributed by atoms with Gasteiger partial charge in [-0.05, 0) is 18.9 Å². The summed E-state index contributed by atoms with van der Waals surface area (Å²) < 4.78 is 5.63. The Balaban J connectivity index is 1.45. The molecular weight excluding hydrogens is 426 g/mol. The van der Waals surface area contributed by atoms with Gasteiger partial charge in [-0.25, -0.2) is 4.98 Å². The fraction of sp³-hybridized carbons (Fsp3) is 0.400. The first-order valence-corrected chi connectivity index (χ1v) is 10.3. The Morgan fingerprint density at radius 1 is 1.36 bits per heavy atom. The summed E-state index contributed by atoms with van der Waals surface area (Å²) in [5.74, 6) is 5.04. The van der Waals surface area contributed by atoms with Gasteiger partial charge in [-0.2, -0.15) is 15.6 Å². The molecule has 2 aromatic heterocycles. The van der Waals surface area contributed by atoms with Gasteiger partial charge in [0.1, 0.15) is 11.9 Å². The van der Waals surface area contributed by atoms with E-state index in [0.29, 0.717) is 36.5 Å². The van der Waals surface area contributed by atoms with Gasteiger partial charge in [-0.3, -0.25) is 9.79 Å². The van der Waals surface area contributed by atoms with E-state index in [1.165, 1.54) is 18.6 Å². The van der Waals surface area contributed by atoms with E-state index in [4.69, 9.17) is 10.3 Å². The molecule has 13 heteroatoms. The van der Waals surface area contributed by atoms with Crippen molar-refractivity contribution in [2.24, 2.45) is 15.9 Å². The van der Waals surface area contributed by atoms with Crippen LogP contribution in [0.2, 0.25) is 0 Å². The van der Waals surface area contributed by atoms with E-state index in [0.717, 1.165) is 19.5 Å². The highest BCUT2D eigenvalue weighted by atomic mass is 16.4. The zero-order chi connectivity index (χ0) is 23.2. The Morgan fingerprint density at radius 2 is 2.21 bits per heavy atom. The topological polar surface area (TPSA) is 186 Å². The van der Waals surface area contributed by atoms with E-state index in [-0.39, 0.29) is 23.9 Å². The first-order valence-electron chi connectivity index (χ1n) is 10.3. The number of carbonyl (C=O) groups is 1. The number of aliphatic imine (C=N–C) groups is 1. The summed E-state index contributed by atoms with van der Waals surface area (Å²) in [5.41, 5.74) is 0.864. The average Bonchev–Trinajstić information content (AvgIpc) is 3.43. The van der Waals surface area contributed by atoms with Crippen LogP contribution < -0.4 is 16.1 Å². The summed E-state index contributed by atoms with van der Waals surface area (Å²) in [6.07, 6.45) is 8.01. The summed E-state index contributed by atoms with van der Waals surface area (Å²) in [4.78, 5) is 24.8.